The Kier molecular flexibility index (Phi) is 3.19. The van der Waals surface area contributed by atoms with Gasteiger partial charge >= 0.3 is 0 Å². The van der Waals surface area contributed by atoms with Crippen molar-refractivity contribution in [2.75, 3.05) is 18.5 Å². The van der Waals surface area contributed by atoms with E-state index in [2.05, 4.69) is 15.2 Å². The van der Waals surface area contributed by atoms with E-state index in [4.69, 9.17) is 18.0 Å². The Bertz CT molecular complexity index is 536. The summed E-state index contributed by atoms with van der Waals surface area (Å²) in [4.78, 5) is 6.79. The highest BCUT2D eigenvalue weighted by Crippen LogP contribution is 2.15. The van der Waals surface area contributed by atoms with E-state index in [1.807, 2.05) is 29.5 Å². The number of fused-ring (bicyclic) bond motifs is 1. The summed E-state index contributed by atoms with van der Waals surface area (Å²) < 4.78 is 1.82. The quantitative estimate of drug-likeness (QED) is 0.796. The van der Waals surface area contributed by atoms with Gasteiger partial charge in [0.05, 0.1) is 4.99 Å². The first-order valence-electron chi connectivity index (χ1n) is 5.24. The lowest BCUT2D eigenvalue weighted by Crippen LogP contribution is -2.32. The van der Waals surface area contributed by atoms with Crippen molar-refractivity contribution in [2.45, 2.75) is 6.92 Å². The van der Waals surface area contributed by atoms with Crippen LogP contribution in [0.1, 0.15) is 6.92 Å². The Morgan fingerprint density at radius 2 is 2.41 bits per heavy atom. The van der Waals surface area contributed by atoms with Crippen LogP contribution in [0.3, 0.4) is 0 Å². The van der Waals surface area contributed by atoms with Crippen molar-refractivity contribution in [1.29, 1.82) is 0 Å². The minimum atomic E-state index is 0.125. The Balaban J connectivity index is 2.27. The van der Waals surface area contributed by atoms with Gasteiger partial charge in [0.2, 0.25) is 5.65 Å². The van der Waals surface area contributed by atoms with Gasteiger partial charge in [0.15, 0.2) is 5.82 Å². The fourth-order valence-electron chi connectivity index (χ4n) is 1.60. The number of aromatic nitrogens is 4. The lowest BCUT2D eigenvalue weighted by Gasteiger charge is -2.21. The van der Waals surface area contributed by atoms with E-state index in [0.717, 1.165) is 11.5 Å². The van der Waals surface area contributed by atoms with Crippen molar-refractivity contribution < 1.29 is 0 Å². The van der Waals surface area contributed by atoms with Crippen LogP contribution in [-0.2, 0) is 0 Å². The van der Waals surface area contributed by atoms with E-state index in [1.54, 1.807) is 12.5 Å². The lowest BCUT2D eigenvalue weighted by atomic mass is 10.2. The predicted octanol–water partition coefficient (Wildman–Crippen LogP) is 0.483. The Labute approximate surface area is 104 Å². The molecule has 0 aromatic carbocycles. The van der Waals surface area contributed by atoms with E-state index in [9.17, 15) is 0 Å². The molecule has 7 heteroatoms. The largest absolute Gasteiger partial charge is 0.393 e. The van der Waals surface area contributed by atoms with Gasteiger partial charge in [-0.25, -0.2) is 4.98 Å². The monoisotopic (exact) mass is 250 g/mol. The van der Waals surface area contributed by atoms with Crippen molar-refractivity contribution in [3.63, 3.8) is 0 Å². The van der Waals surface area contributed by atoms with Gasteiger partial charge in [0, 0.05) is 31.9 Å². The average molecular weight is 250 g/mol. The molecule has 2 rings (SSSR count). The molecule has 17 heavy (non-hydrogen) atoms. The Morgan fingerprint density at radius 1 is 1.65 bits per heavy atom. The first-order chi connectivity index (χ1) is 8.09. The van der Waals surface area contributed by atoms with Crippen LogP contribution in [0.2, 0.25) is 0 Å². The standard InChI is InChI=1S/C10H14N6S/c1-7(8(11)17)5-15(2)9-10-14-13-6-16(10)4-3-12-9/h3-4,6-7H,5H2,1-2H3,(H2,11,17). The summed E-state index contributed by atoms with van der Waals surface area (Å²) in [6.07, 6.45) is 5.17. The Morgan fingerprint density at radius 3 is 3.12 bits per heavy atom. The summed E-state index contributed by atoms with van der Waals surface area (Å²) in [6.45, 7) is 2.69. The van der Waals surface area contributed by atoms with Crippen LogP contribution < -0.4 is 10.6 Å². The van der Waals surface area contributed by atoms with Crippen LogP contribution in [0.25, 0.3) is 5.65 Å². The Hall–Kier alpha value is -1.76. The van der Waals surface area contributed by atoms with Crippen LogP contribution >= 0.6 is 12.2 Å². The lowest BCUT2D eigenvalue weighted by molar-refractivity contribution is 0.735. The number of hydrogen-bond acceptors (Lipinski definition) is 5. The second-order valence-corrected chi connectivity index (χ2v) is 4.47. The number of anilines is 1. The first kappa shape index (κ1) is 11.7. The van der Waals surface area contributed by atoms with E-state index >= 15 is 0 Å². The molecule has 0 amide bonds. The van der Waals surface area contributed by atoms with Crippen molar-refractivity contribution in [3.05, 3.63) is 18.7 Å². The number of thiocarbonyl (C=S) groups is 1. The zero-order chi connectivity index (χ0) is 12.4. The zero-order valence-electron chi connectivity index (χ0n) is 9.74. The molecular formula is C10H14N6S. The van der Waals surface area contributed by atoms with Gasteiger partial charge in [-0.15, -0.1) is 10.2 Å². The van der Waals surface area contributed by atoms with Crippen molar-refractivity contribution in [1.82, 2.24) is 19.6 Å². The summed E-state index contributed by atoms with van der Waals surface area (Å²) in [7, 11) is 1.94. The molecule has 1 unspecified atom stereocenters. The fraction of sp³-hybridized carbons (Fsp3) is 0.400. The first-order valence-corrected chi connectivity index (χ1v) is 5.65. The normalized spacial score (nSPS) is 12.6. The van der Waals surface area contributed by atoms with Gasteiger partial charge < -0.3 is 10.6 Å². The molecule has 0 saturated heterocycles. The fourth-order valence-corrected chi connectivity index (χ4v) is 1.68. The van der Waals surface area contributed by atoms with Gasteiger partial charge in [0.25, 0.3) is 0 Å². The molecule has 0 bridgehead atoms. The second kappa shape index (κ2) is 4.62. The van der Waals surface area contributed by atoms with Gasteiger partial charge in [-0.1, -0.05) is 19.1 Å². The third-order valence-corrected chi connectivity index (χ3v) is 2.99. The number of rotatable bonds is 4. The van der Waals surface area contributed by atoms with Gasteiger partial charge in [0.1, 0.15) is 6.33 Å². The zero-order valence-corrected chi connectivity index (χ0v) is 10.6. The summed E-state index contributed by atoms with van der Waals surface area (Å²) in [5.41, 5.74) is 6.33. The van der Waals surface area contributed by atoms with Crippen LogP contribution in [0.4, 0.5) is 5.82 Å². The number of nitrogens with zero attached hydrogens (tertiary/aromatic N) is 5. The summed E-state index contributed by atoms with van der Waals surface area (Å²) in [5.74, 6) is 0.896. The third-order valence-electron chi connectivity index (χ3n) is 2.59. The van der Waals surface area contributed by atoms with Crippen LogP contribution in [-0.4, -0.2) is 38.2 Å². The van der Waals surface area contributed by atoms with Crippen LogP contribution in [0.5, 0.6) is 0 Å². The number of hydrogen-bond donors (Lipinski definition) is 1. The van der Waals surface area contributed by atoms with Gasteiger partial charge in [-0.2, -0.15) is 0 Å². The highest BCUT2D eigenvalue weighted by Gasteiger charge is 2.14. The van der Waals surface area contributed by atoms with Crippen LogP contribution in [0.15, 0.2) is 18.7 Å². The topological polar surface area (TPSA) is 72.3 Å². The van der Waals surface area contributed by atoms with Gasteiger partial charge in [-0.05, 0) is 0 Å². The molecule has 90 valence electrons. The van der Waals surface area contributed by atoms with E-state index in [-0.39, 0.29) is 5.92 Å². The smallest absolute Gasteiger partial charge is 0.203 e. The molecule has 2 N–H and O–H groups in total. The summed E-state index contributed by atoms with van der Waals surface area (Å²) >= 11 is 4.96. The van der Waals surface area contributed by atoms with Crippen molar-refractivity contribution in [2.24, 2.45) is 11.7 Å². The SMILES string of the molecule is CC(CN(C)c1nccn2cnnc12)C(N)=S. The summed E-state index contributed by atoms with van der Waals surface area (Å²) in [5, 5.41) is 7.89. The molecular weight excluding hydrogens is 236 g/mol. The highest BCUT2D eigenvalue weighted by molar-refractivity contribution is 7.80. The second-order valence-electron chi connectivity index (χ2n) is 4.00. The predicted molar refractivity (Wildman–Crippen MR) is 70.0 cm³/mol. The number of nitrogens with two attached hydrogens (primary N) is 1. The molecule has 0 saturated carbocycles. The minimum absolute atomic E-state index is 0.125. The molecule has 2 aromatic heterocycles. The maximum atomic E-state index is 5.61. The molecule has 2 aromatic rings. The molecule has 6 nitrogen and oxygen atoms in total. The van der Waals surface area contributed by atoms with E-state index < -0.39 is 0 Å². The maximum Gasteiger partial charge on any atom is 0.203 e. The molecule has 1 atom stereocenters. The van der Waals surface area contributed by atoms with E-state index in [0.29, 0.717) is 11.5 Å². The summed E-state index contributed by atoms with van der Waals surface area (Å²) in [6, 6.07) is 0. The van der Waals surface area contributed by atoms with Crippen molar-refractivity contribution >= 4 is 28.7 Å². The third kappa shape index (κ3) is 2.33. The maximum absolute atomic E-state index is 5.61. The molecule has 0 aliphatic carbocycles. The van der Waals surface area contributed by atoms with Crippen LogP contribution in [0, 0.1) is 5.92 Å². The van der Waals surface area contributed by atoms with E-state index in [1.165, 1.54) is 0 Å². The van der Waals surface area contributed by atoms with Gasteiger partial charge in [-0.3, -0.25) is 4.40 Å². The molecule has 0 aliphatic heterocycles. The molecule has 0 aliphatic rings. The molecule has 0 fully saturated rings. The molecule has 2 heterocycles. The molecule has 0 radical (unpaired) electrons. The molecule has 0 spiro atoms. The average Bonchev–Trinajstić information content (AvgIpc) is 2.76. The van der Waals surface area contributed by atoms with Crippen molar-refractivity contribution in [3.8, 4) is 0 Å². The highest BCUT2D eigenvalue weighted by atomic mass is 32.1. The minimum Gasteiger partial charge on any atom is -0.393 e.